The van der Waals surface area contributed by atoms with Crippen molar-refractivity contribution in [1.29, 1.82) is 0 Å². The first-order chi connectivity index (χ1) is 9.56. The molecule has 1 aliphatic heterocycles. The summed E-state index contributed by atoms with van der Waals surface area (Å²) in [5.41, 5.74) is 6.35. The molecule has 1 aromatic rings. The Bertz CT molecular complexity index is 473. The normalized spacial score (nSPS) is 16.4. The number of likely N-dealkylation sites (tertiary alicyclic amines) is 1. The molecule has 0 atom stereocenters. The zero-order valence-corrected chi connectivity index (χ0v) is 12.8. The summed E-state index contributed by atoms with van der Waals surface area (Å²) in [6.07, 6.45) is 2.75. The van der Waals surface area contributed by atoms with Crippen molar-refractivity contribution in [3.8, 4) is 0 Å². The number of nitrogens with zero attached hydrogens (tertiary/aromatic N) is 1. The summed E-state index contributed by atoms with van der Waals surface area (Å²) in [7, 11) is 0. The second kappa shape index (κ2) is 7.16. The molecule has 2 rings (SSSR count). The molecule has 2 amide bonds. The predicted molar refractivity (Wildman–Crippen MR) is 82.3 cm³/mol. The van der Waals surface area contributed by atoms with Crippen LogP contribution in [0.5, 0.6) is 0 Å². The molecule has 1 heterocycles. The van der Waals surface area contributed by atoms with Gasteiger partial charge in [0.1, 0.15) is 0 Å². The van der Waals surface area contributed by atoms with E-state index in [4.69, 9.17) is 28.9 Å². The van der Waals surface area contributed by atoms with E-state index >= 15 is 0 Å². The molecule has 0 aliphatic carbocycles. The highest BCUT2D eigenvalue weighted by atomic mass is 35.5. The molecule has 1 aromatic carbocycles. The summed E-state index contributed by atoms with van der Waals surface area (Å²) in [6, 6.07) is 5.70. The van der Waals surface area contributed by atoms with Gasteiger partial charge in [0.05, 0.1) is 0 Å². The molecule has 6 heteroatoms. The number of carbonyl (C=O) groups is 1. The van der Waals surface area contributed by atoms with Crippen LogP contribution >= 0.6 is 23.2 Å². The third kappa shape index (κ3) is 4.27. The van der Waals surface area contributed by atoms with Gasteiger partial charge in [-0.3, -0.25) is 0 Å². The maximum absolute atomic E-state index is 11.0. The van der Waals surface area contributed by atoms with Gasteiger partial charge < -0.3 is 16.0 Å². The largest absolute Gasteiger partial charge is 0.351 e. The van der Waals surface area contributed by atoms with Gasteiger partial charge in [-0.1, -0.05) is 29.3 Å². The van der Waals surface area contributed by atoms with Gasteiger partial charge in [0, 0.05) is 29.2 Å². The summed E-state index contributed by atoms with van der Waals surface area (Å²) in [5, 5.41) is 4.87. The average molecular weight is 316 g/mol. The number of carbonyl (C=O) groups excluding carboxylic acids is 1. The summed E-state index contributed by atoms with van der Waals surface area (Å²) < 4.78 is 0. The number of amides is 2. The fraction of sp³-hybridized carbons (Fsp3) is 0.500. The maximum atomic E-state index is 11.0. The van der Waals surface area contributed by atoms with Crippen molar-refractivity contribution >= 4 is 29.2 Å². The van der Waals surface area contributed by atoms with Gasteiger partial charge in [-0.05, 0) is 43.5 Å². The van der Waals surface area contributed by atoms with Gasteiger partial charge in [-0.2, -0.15) is 0 Å². The number of piperidine rings is 1. The Morgan fingerprint density at radius 1 is 1.35 bits per heavy atom. The van der Waals surface area contributed by atoms with Crippen molar-refractivity contribution in [1.82, 2.24) is 10.2 Å². The van der Waals surface area contributed by atoms with Gasteiger partial charge in [0.25, 0.3) is 0 Å². The Balaban J connectivity index is 1.73. The van der Waals surface area contributed by atoms with Gasteiger partial charge in [0.15, 0.2) is 0 Å². The zero-order chi connectivity index (χ0) is 14.5. The summed E-state index contributed by atoms with van der Waals surface area (Å²) in [6.45, 7) is 2.33. The highest BCUT2D eigenvalue weighted by Crippen LogP contribution is 2.21. The third-order valence-electron chi connectivity index (χ3n) is 3.65. The molecule has 0 bridgehead atoms. The van der Waals surface area contributed by atoms with E-state index in [9.17, 15) is 4.79 Å². The van der Waals surface area contributed by atoms with Crippen LogP contribution in [0.15, 0.2) is 18.2 Å². The molecule has 1 fully saturated rings. The minimum atomic E-state index is -0.323. The van der Waals surface area contributed by atoms with Crippen LogP contribution in [-0.4, -0.2) is 36.6 Å². The maximum Gasteiger partial charge on any atom is 0.314 e. The topological polar surface area (TPSA) is 58.4 Å². The first-order valence-corrected chi connectivity index (χ1v) is 7.53. The van der Waals surface area contributed by atoms with Crippen molar-refractivity contribution in [3.63, 3.8) is 0 Å². The van der Waals surface area contributed by atoms with Crippen molar-refractivity contribution in [3.05, 3.63) is 33.8 Å². The van der Waals surface area contributed by atoms with Crippen LogP contribution in [0.25, 0.3) is 0 Å². The van der Waals surface area contributed by atoms with E-state index in [-0.39, 0.29) is 6.03 Å². The van der Waals surface area contributed by atoms with Crippen molar-refractivity contribution in [2.75, 3.05) is 19.6 Å². The first-order valence-electron chi connectivity index (χ1n) is 6.78. The van der Waals surface area contributed by atoms with Crippen LogP contribution < -0.4 is 11.1 Å². The van der Waals surface area contributed by atoms with Gasteiger partial charge in [0.2, 0.25) is 0 Å². The lowest BCUT2D eigenvalue weighted by molar-refractivity contribution is 0.185. The van der Waals surface area contributed by atoms with Crippen molar-refractivity contribution in [2.24, 2.45) is 5.73 Å². The zero-order valence-electron chi connectivity index (χ0n) is 11.2. The van der Waals surface area contributed by atoms with Crippen LogP contribution in [0.4, 0.5) is 4.79 Å². The van der Waals surface area contributed by atoms with E-state index in [2.05, 4.69) is 5.32 Å². The molecule has 0 radical (unpaired) electrons. The first kappa shape index (κ1) is 15.4. The van der Waals surface area contributed by atoms with E-state index < -0.39 is 0 Å². The molecule has 0 spiro atoms. The lowest BCUT2D eigenvalue weighted by atomic mass is 10.0. The summed E-state index contributed by atoms with van der Waals surface area (Å²) in [4.78, 5) is 12.7. The van der Waals surface area contributed by atoms with E-state index in [1.54, 1.807) is 11.0 Å². The molecular formula is C14H19Cl2N3O. The predicted octanol–water partition coefficient (Wildman–Crippen LogP) is 2.67. The average Bonchev–Trinajstić information content (AvgIpc) is 2.42. The van der Waals surface area contributed by atoms with Crippen LogP contribution in [0.3, 0.4) is 0 Å². The molecule has 0 unspecified atom stereocenters. The van der Waals surface area contributed by atoms with E-state index in [0.717, 1.165) is 44.5 Å². The lowest BCUT2D eigenvalue weighted by Gasteiger charge is -2.31. The molecular weight excluding hydrogens is 297 g/mol. The van der Waals surface area contributed by atoms with Crippen LogP contribution in [-0.2, 0) is 6.42 Å². The number of primary amides is 1. The molecule has 1 saturated heterocycles. The minimum absolute atomic E-state index is 0.323. The highest BCUT2D eigenvalue weighted by Gasteiger charge is 2.20. The molecule has 4 nitrogen and oxygen atoms in total. The summed E-state index contributed by atoms with van der Waals surface area (Å²) >= 11 is 12.0. The fourth-order valence-corrected chi connectivity index (χ4v) is 2.94. The number of nitrogens with two attached hydrogens (primary N) is 1. The van der Waals surface area contributed by atoms with E-state index in [1.165, 1.54) is 0 Å². The molecule has 110 valence electrons. The molecule has 1 aliphatic rings. The number of benzene rings is 1. The van der Waals surface area contributed by atoms with Gasteiger partial charge in [-0.15, -0.1) is 0 Å². The standard InChI is InChI=1S/C14H19Cl2N3O/c15-11-2-1-10(13(16)9-11)3-6-18-12-4-7-19(8-5-12)14(17)20/h1-2,9,12,18H,3-8H2,(H2,17,20). The van der Waals surface area contributed by atoms with Crippen LogP contribution in [0, 0.1) is 0 Å². The van der Waals surface area contributed by atoms with Gasteiger partial charge in [-0.25, -0.2) is 4.79 Å². The van der Waals surface area contributed by atoms with Gasteiger partial charge >= 0.3 is 6.03 Å². The number of nitrogens with one attached hydrogen (secondary N) is 1. The minimum Gasteiger partial charge on any atom is -0.351 e. The molecule has 0 saturated carbocycles. The Kier molecular flexibility index (Phi) is 5.52. The Labute approximate surface area is 129 Å². The van der Waals surface area contributed by atoms with Crippen LogP contribution in [0.2, 0.25) is 10.0 Å². The second-order valence-electron chi connectivity index (χ2n) is 5.04. The van der Waals surface area contributed by atoms with Crippen molar-refractivity contribution < 1.29 is 4.79 Å². The van der Waals surface area contributed by atoms with Crippen molar-refractivity contribution in [2.45, 2.75) is 25.3 Å². The number of urea groups is 1. The second-order valence-corrected chi connectivity index (χ2v) is 5.88. The smallest absolute Gasteiger partial charge is 0.314 e. The fourth-order valence-electron chi connectivity index (χ4n) is 2.44. The monoisotopic (exact) mass is 315 g/mol. The Morgan fingerprint density at radius 2 is 2.05 bits per heavy atom. The number of halogens is 2. The number of hydrogen-bond acceptors (Lipinski definition) is 2. The quantitative estimate of drug-likeness (QED) is 0.897. The number of rotatable bonds is 4. The summed E-state index contributed by atoms with van der Waals surface area (Å²) in [5.74, 6) is 0. The van der Waals surface area contributed by atoms with Crippen LogP contribution in [0.1, 0.15) is 18.4 Å². The van der Waals surface area contributed by atoms with E-state index in [1.807, 2.05) is 12.1 Å². The third-order valence-corrected chi connectivity index (χ3v) is 4.24. The Morgan fingerprint density at radius 3 is 2.65 bits per heavy atom. The highest BCUT2D eigenvalue weighted by molar-refractivity contribution is 6.35. The molecule has 20 heavy (non-hydrogen) atoms. The molecule has 0 aromatic heterocycles. The SMILES string of the molecule is NC(=O)N1CCC(NCCc2ccc(Cl)cc2Cl)CC1. The lowest BCUT2D eigenvalue weighted by Crippen LogP contribution is -2.47. The number of hydrogen-bond donors (Lipinski definition) is 2. The Hall–Kier alpha value is -0.970. The van der Waals surface area contributed by atoms with E-state index in [0.29, 0.717) is 16.1 Å². The molecule has 3 N–H and O–H groups in total.